The van der Waals surface area contributed by atoms with E-state index in [1.165, 1.54) is 6.07 Å². The van der Waals surface area contributed by atoms with Gasteiger partial charge in [0.15, 0.2) is 0 Å². The highest BCUT2D eigenvalue weighted by Crippen LogP contribution is 2.23. The predicted octanol–water partition coefficient (Wildman–Crippen LogP) is 2.66. The lowest BCUT2D eigenvalue weighted by molar-refractivity contribution is 0.209. The van der Waals surface area contributed by atoms with Crippen molar-refractivity contribution in [3.05, 3.63) is 29.6 Å². The summed E-state index contributed by atoms with van der Waals surface area (Å²) in [6.07, 6.45) is 0. The Morgan fingerprint density at radius 1 is 1.12 bits per heavy atom. The second-order valence-electron chi connectivity index (χ2n) is 5.00. The summed E-state index contributed by atoms with van der Waals surface area (Å²) >= 11 is 0. The molecule has 0 spiro atoms. The van der Waals surface area contributed by atoms with Gasteiger partial charge >= 0.3 is 0 Å². The molecule has 0 amide bonds. The van der Waals surface area contributed by atoms with Gasteiger partial charge in [-0.1, -0.05) is 6.07 Å². The van der Waals surface area contributed by atoms with Gasteiger partial charge in [-0.3, -0.25) is 4.90 Å². The van der Waals surface area contributed by atoms with Gasteiger partial charge in [0.05, 0.1) is 0 Å². The second kappa shape index (κ2) is 5.05. The summed E-state index contributed by atoms with van der Waals surface area (Å²) < 4.78 is 13.5. The van der Waals surface area contributed by atoms with Crippen LogP contribution in [-0.2, 0) is 0 Å². The zero-order valence-corrected chi connectivity index (χ0v) is 10.9. The molecule has 2 rings (SSSR count). The normalized spacial score (nSPS) is 17.8. The van der Waals surface area contributed by atoms with Crippen LogP contribution in [0.3, 0.4) is 0 Å². The van der Waals surface area contributed by atoms with Crippen LogP contribution in [0.1, 0.15) is 19.4 Å². The molecule has 0 atom stereocenters. The van der Waals surface area contributed by atoms with E-state index >= 15 is 0 Å². The van der Waals surface area contributed by atoms with E-state index in [1.54, 1.807) is 6.07 Å². The number of piperazine rings is 1. The first-order valence-corrected chi connectivity index (χ1v) is 6.33. The van der Waals surface area contributed by atoms with Gasteiger partial charge in [0.2, 0.25) is 0 Å². The third-order valence-electron chi connectivity index (χ3n) is 3.62. The summed E-state index contributed by atoms with van der Waals surface area (Å²) in [6.45, 7) is 10.4. The number of hydrogen-bond acceptors (Lipinski definition) is 2. The Balaban J connectivity index is 2.08. The highest BCUT2D eigenvalue weighted by molar-refractivity contribution is 5.53. The van der Waals surface area contributed by atoms with E-state index in [2.05, 4.69) is 23.6 Å². The molecule has 3 heteroatoms. The molecule has 1 aromatic rings. The molecule has 0 radical (unpaired) electrons. The van der Waals surface area contributed by atoms with E-state index in [9.17, 15) is 4.39 Å². The molecular weight excluding hydrogens is 215 g/mol. The highest BCUT2D eigenvalue weighted by Gasteiger charge is 2.20. The van der Waals surface area contributed by atoms with E-state index in [0.717, 1.165) is 37.4 Å². The number of rotatable bonds is 2. The molecule has 0 aromatic heterocycles. The van der Waals surface area contributed by atoms with E-state index < -0.39 is 0 Å². The Bertz CT molecular complexity index is 382. The van der Waals surface area contributed by atoms with Gasteiger partial charge < -0.3 is 4.90 Å². The molecule has 1 fully saturated rings. The van der Waals surface area contributed by atoms with Crippen LogP contribution in [-0.4, -0.2) is 37.1 Å². The third kappa shape index (κ3) is 2.60. The molecule has 1 aliphatic heterocycles. The average Bonchev–Trinajstić information content (AvgIpc) is 2.33. The Morgan fingerprint density at radius 3 is 2.35 bits per heavy atom. The average molecular weight is 236 g/mol. The van der Waals surface area contributed by atoms with Crippen LogP contribution in [0.2, 0.25) is 0 Å². The summed E-state index contributed by atoms with van der Waals surface area (Å²) in [4.78, 5) is 4.75. The molecular formula is C14H21FN2. The van der Waals surface area contributed by atoms with Crippen LogP contribution < -0.4 is 4.90 Å². The van der Waals surface area contributed by atoms with Gasteiger partial charge in [0, 0.05) is 43.5 Å². The Kier molecular flexibility index (Phi) is 3.67. The van der Waals surface area contributed by atoms with Crippen LogP contribution >= 0.6 is 0 Å². The zero-order valence-electron chi connectivity index (χ0n) is 10.9. The number of anilines is 1. The Morgan fingerprint density at radius 2 is 1.76 bits per heavy atom. The van der Waals surface area contributed by atoms with Crippen LogP contribution in [0.15, 0.2) is 18.2 Å². The molecule has 1 heterocycles. The monoisotopic (exact) mass is 236 g/mol. The van der Waals surface area contributed by atoms with E-state index in [1.807, 2.05) is 13.0 Å². The zero-order chi connectivity index (χ0) is 12.4. The quantitative estimate of drug-likeness (QED) is 0.779. The molecule has 0 saturated carbocycles. The molecule has 17 heavy (non-hydrogen) atoms. The van der Waals surface area contributed by atoms with E-state index in [4.69, 9.17) is 0 Å². The molecule has 0 bridgehead atoms. The van der Waals surface area contributed by atoms with Gasteiger partial charge in [0.25, 0.3) is 0 Å². The number of benzene rings is 1. The maximum absolute atomic E-state index is 13.5. The predicted molar refractivity (Wildman–Crippen MR) is 70.1 cm³/mol. The summed E-state index contributed by atoms with van der Waals surface area (Å²) in [5.74, 6) is -0.103. The molecule has 0 unspecified atom stereocenters. The molecule has 1 saturated heterocycles. The van der Waals surface area contributed by atoms with Gasteiger partial charge in [-0.2, -0.15) is 0 Å². The first kappa shape index (κ1) is 12.4. The number of halogens is 1. The minimum Gasteiger partial charge on any atom is -0.369 e. The maximum Gasteiger partial charge on any atom is 0.128 e. The molecule has 1 aliphatic rings. The molecule has 0 N–H and O–H groups in total. The minimum atomic E-state index is -0.103. The first-order chi connectivity index (χ1) is 8.09. The molecule has 94 valence electrons. The molecule has 1 aromatic carbocycles. The lowest BCUT2D eigenvalue weighted by atomic mass is 10.1. The van der Waals surface area contributed by atoms with Crippen LogP contribution in [0.4, 0.5) is 10.1 Å². The Labute approximate surface area is 103 Å². The van der Waals surface area contributed by atoms with E-state index in [0.29, 0.717) is 6.04 Å². The number of hydrogen-bond donors (Lipinski definition) is 0. The minimum absolute atomic E-state index is 0.103. The van der Waals surface area contributed by atoms with Crippen LogP contribution in [0.5, 0.6) is 0 Å². The van der Waals surface area contributed by atoms with Crippen molar-refractivity contribution in [1.82, 2.24) is 4.90 Å². The van der Waals surface area contributed by atoms with Crippen molar-refractivity contribution in [2.45, 2.75) is 26.8 Å². The topological polar surface area (TPSA) is 6.48 Å². The van der Waals surface area contributed by atoms with Crippen molar-refractivity contribution >= 4 is 5.69 Å². The Hall–Kier alpha value is -1.09. The van der Waals surface area contributed by atoms with Crippen molar-refractivity contribution in [2.24, 2.45) is 0 Å². The molecule has 0 aliphatic carbocycles. The largest absolute Gasteiger partial charge is 0.369 e. The lowest BCUT2D eigenvalue weighted by Gasteiger charge is -2.38. The summed E-state index contributed by atoms with van der Waals surface area (Å²) in [5, 5.41) is 0. The summed E-state index contributed by atoms with van der Waals surface area (Å²) in [5.41, 5.74) is 1.82. The first-order valence-electron chi connectivity index (χ1n) is 6.33. The fraction of sp³-hybridized carbons (Fsp3) is 0.571. The smallest absolute Gasteiger partial charge is 0.128 e. The standard InChI is InChI=1S/C14H21FN2/c1-11(2)16-7-9-17(10-8-16)14-6-4-5-13(15)12(14)3/h4-6,11H,7-10H2,1-3H3. The number of nitrogens with zero attached hydrogens (tertiary/aromatic N) is 2. The third-order valence-corrected chi connectivity index (χ3v) is 3.62. The van der Waals surface area contributed by atoms with Gasteiger partial charge in [-0.25, -0.2) is 4.39 Å². The lowest BCUT2D eigenvalue weighted by Crippen LogP contribution is -2.49. The van der Waals surface area contributed by atoms with Gasteiger partial charge in [-0.15, -0.1) is 0 Å². The van der Waals surface area contributed by atoms with Crippen molar-refractivity contribution in [3.8, 4) is 0 Å². The van der Waals surface area contributed by atoms with Crippen LogP contribution in [0, 0.1) is 12.7 Å². The van der Waals surface area contributed by atoms with Crippen molar-refractivity contribution < 1.29 is 4.39 Å². The summed E-state index contributed by atoms with van der Waals surface area (Å²) in [7, 11) is 0. The fourth-order valence-electron chi connectivity index (χ4n) is 2.42. The van der Waals surface area contributed by atoms with Crippen molar-refractivity contribution in [1.29, 1.82) is 0 Å². The van der Waals surface area contributed by atoms with E-state index in [-0.39, 0.29) is 5.82 Å². The maximum atomic E-state index is 13.5. The highest BCUT2D eigenvalue weighted by atomic mass is 19.1. The molecule has 2 nitrogen and oxygen atoms in total. The van der Waals surface area contributed by atoms with Crippen LogP contribution in [0.25, 0.3) is 0 Å². The van der Waals surface area contributed by atoms with Crippen molar-refractivity contribution in [3.63, 3.8) is 0 Å². The summed E-state index contributed by atoms with van der Waals surface area (Å²) in [6, 6.07) is 5.95. The second-order valence-corrected chi connectivity index (χ2v) is 5.00. The van der Waals surface area contributed by atoms with Crippen molar-refractivity contribution in [2.75, 3.05) is 31.1 Å². The SMILES string of the molecule is Cc1c(F)cccc1N1CCN(C(C)C)CC1. The fourth-order valence-corrected chi connectivity index (χ4v) is 2.42. The van der Waals surface area contributed by atoms with Gasteiger partial charge in [-0.05, 0) is 32.9 Å². The van der Waals surface area contributed by atoms with Gasteiger partial charge in [0.1, 0.15) is 5.82 Å².